The molecule has 0 bridgehead atoms. The fourth-order valence-electron chi connectivity index (χ4n) is 2.56. The minimum absolute atomic E-state index is 0.0685. The Morgan fingerprint density at radius 2 is 1.65 bits per heavy atom. The van der Waals surface area contributed by atoms with Crippen molar-refractivity contribution >= 4 is 21.5 Å². The van der Waals surface area contributed by atoms with E-state index >= 15 is 0 Å². The van der Waals surface area contributed by atoms with Gasteiger partial charge in [-0.1, -0.05) is 18.2 Å². The predicted octanol–water partition coefficient (Wildman–Crippen LogP) is 2.06. The molecule has 0 N–H and O–H groups in total. The second kappa shape index (κ2) is 7.63. The Labute approximate surface area is 150 Å². The summed E-state index contributed by atoms with van der Waals surface area (Å²) in [6, 6.07) is 13.6. The first-order chi connectivity index (χ1) is 12.5. The molecule has 0 aliphatic carbocycles. The molecule has 26 heavy (non-hydrogen) atoms. The van der Waals surface area contributed by atoms with Crippen LogP contribution in [0.25, 0.3) is 0 Å². The van der Waals surface area contributed by atoms with Crippen molar-refractivity contribution in [3.63, 3.8) is 0 Å². The molecule has 1 heterocycles. The number of sulfonamides is 1. The third-order valence-electron chi connectivity index (χ3n) is 3.89. The van der Waals surface area contributed by atoms with Crippen molar-refractivity contribution in [2.45, 2.75) is 4.90 Å². The second-order valence-corrected chi connectivity index (χ2v) is 7.21. The maximum absolute atomic E-state index is 12.7. The van der Waals surface area contributed by atoms with Crippen LogP contribution in [0.3, 0.4) is 0 Å². The van der Waals surface area contributed by atoms with Crippen LogP contribution in [0.4, 0.5) is 5.69 Å². The molecule has 0 saturated carbocycles. The van der Waals surface area contributed by atoms with Gasteiger partial charge in [0.2, 0.25) is 0 Å². The number of hydrogen-bond donors (Lipinski definition) is 0. The standard InChI is InChI=1S/C17H17N3O5S/c21-20(22)15-8-6-14(7-9-15)17(19-10-12-25-13-11-19)18-26(23,24)16-4-2-1-3-5-16/h1-9H,10-13H2/b18-17-. The monoisotopic (exact) mass is 375 g/mol. The highest BCUT2D eigenvalue weighted by molar-refractivity contribution is 7.90. The summed E-state index contributed by atoms with van der Waals surface area (Å²) >= 11 is 0. The van der Waals surface area contributed by atoms with E-state index < -0.39 is 14.9 Å². The van der Waals surface area contributed by atoms with Crippen molar-refractivity contribution in [2.75, 3.05) is 26.3 Å². The predicted molar refractivity (Wildman–Crippen MR) is 95.7 cm³/mol. The van der Waals surface area contributed by atoms with Gasteiger partial charge in [-0.2, -0.15) is 8.42 Å². The number of hydrogen-bond acceptors (Lipinski definition) is 5. The van der Waals surface area contributed by atoms with E-state index in [4.69, 9.17) is 4.74 Å². The molecule has 1 fully saturated rings. The summed E-state index contributed by atoms with van der Waals surface area (Å²) < 4.78 is 34.7. The molecule has 1 aliphatic heterocycles. The normalized spacial score (nSPS) is 15.7. The fraction of sp³-hybridized carbons (Fsp3) is 0.235. The highest BCUT2D eigenvalue weighted by atomic mass is 32.2. The Morgan fingerprint density at radius 3 is 2.23 bits per heavy atom. The summed E-state index contributed by atoms with van der Waals surface area (Å²) in [6.07, 6.45) is 0. The van der Waals surface area contributed by atoms with Gasteiger partial charge in [-0.15, -0.1) is 4.40 Å². The summed E-state index contributed by atoms with van der Waals surface area (Å²) in [4.78, 5) is 12.2. The first-order valence-corrected chi connectivity index (χ1v) is 9.39. The summed E-state index contributed by atoms with van der Waals surface area (Å²) in [5, 5.41) is 10.9. The van der Waals surface area contributed by atoms with E-state index in [-0.39, 0.29) is 16.4 Å². The lowest BCUT2D eigenvalue weighted by atomic mass is 10.1. The lowest BCUT2D eigenvalue weighted by Crippen LogP contribution is -2.41. The molecule has 9 heteroatoms. The van der Waals surface area contributed by atoms with Crippen LogP contribution in [0.5, 0.6) is 0 Å². The molecule has 0 radical (unpaired) electrons. The minimum Gasteiger partial charge on any atom is -0.378 e. The van der Waals surface area contributed by atoms with Crippen LogP contribution < -0.4 is 0 Å². The average molecular weight is 375 g/mol. The molecular formula is C17H17N3O5S. The molecule has 2 aromatic carbocycles. The van der Waals surface area contributed by atoms with Gasteiger partial charge in [0.15, 0.2) is 0 Å². The van der Waals surface area contributed by atoms with Gasteiger partial charge in [0.25, 0.3) is 15.7 Å². The summed E-state index contributed by atoms with van der Waals surface area (Å²) in [5.41, 5.74) is 0.429. The van der Waals surface area contributed by atoms with Gasteiger partial charge in [0, 0.05) is 30.8 Å². The first-order valence-electron chi connectivity index (χ1n) is 7.95. The third kappa shape index (κ3) is 4.06. The maximum atomic E-state index is 12.7. The molecule has 1 saturated heterocycles. The van der Waals surface area contributed by atoms with Crippen LogP contribution in [0.1, 0.15) is 5.56 Å². The van der Waals surface area contributed by atoms with Crippen molar-refractivity contribution < 1.29 is 18.1 Å². The van der Waals surface area contributed by atoms with Crippen LogP contribution >= 0.6 is 0 Å². The van der Waals surface area contributed by atoms with Gasteiger partial charge in [-0.25, -0.2) is 0 Å². The van der Waals surface area contributed by atoms with Gasteiger partial charge in [0.05, 0.1) is 23.0 Å². The van der Waals surface area contributed by atoms with E-state index in [2.05, 4.69) is 4.40 Å². The van der Waals surface area contributed by atoms with Gasteiger partial charge >= 0.3 is 0 Å². The largest absolute Gasteiger partial charge is 0.378 e. The highest BCUT2D eigenvalue weighted by Crippen LogP contribution is 2.18. The molecule has 136 valence electrons. The Hall–Kier alpha value is -2.78. The number of ether oxygens (including phenoxy) is 1. The number of nitro groups is 1. The second-order valence-electron chi connectivity index (χ2n) is 5.61. The highest BCUT2D eigenvalue weighted by Gasteiger charge is 2.22. The first kappa shape index (κ1) is 18.0. The number of non-ortho nitro benzene ring substituents is 1. The van der Waals surface area contributed by atoms with Crippen LogP contribution in [-0.4, -0.2) is 50.4 Å². The van der Waals surface area contributed by atoms with E-state index in [1.54, 1.807) is 18.2 Å². The number of rotatable bonds is 4. The summed E-state index contributed by atoms with van der Waals surface area (Å²) in [6.45, 7) is 1.88. The van der Waals surface area contributed by atoms with Crippen molar-refractivity contribution in [3.05, 3.63) is 70.3 Å². The zero-order valence-corrected chi connectivity index (χ0v) is 14.6. The molecule has 0 amide bonds. The fourth-order valence-corrected chi connectivity index (χ4v) is 3.61. The average Bonchev–Trinajstić information content (AvgIpc) is 2.68. The molecule has 0 unspecified atom stereocenters. The van der Waals surface area contributed by atoms with Gasteiger partial charge < -0.3 is 9.64 Å². The number of nitrogens with zero attached hydrogens (tertiary/aromatic N) is 3. The van der Waals surface area contributed by atoms with Crippen molar-refractivity contribution in [2.24, 2.45) is 4.40 Å². The summed E-state index contributed by atoms with van der Waals surface area (Å²) in [7, 11) is -3.91. The van der Waals surface area contributed by atoms with Crippen molar-refractivity contribution in [1.29, 1.82) is 0 Å². The smallest absolute Gasteiger partial charge is 0.284 e. The van der Waals surface area contributed by atoms with Crippen LogP contribution in [-0.2, 0) is 14.8 Å². The number of nitro benzene ring substituents is 1. The van der Waals surface area contributed by atoms with E-state index in [0.717, 1.165) is 0 Å². The van der Waals surface area contributed by atoms with E-state index in [0.29, 0.717) is 31.9 Å². The Kier molecular flexibility index (Phi) is 5.29. The van der Waals surface area contributed by atoms with Gasteiger partial charge in [-0.3, -0.25) is 10.1 Å². The summed E-state index contributed by atoms with van der Waals surface area (Å²) in [5.74, 6) is 0.257. The van der Waals surface area contributed by atoms with Crippen LogP contribution in [0.2, 0.25) is 0 Å². The molecule has 0 aromatic heterocycles. The minimum atomic E-state index is -3.91. The number of morpholine rings is 1. The van der Waals surface area contributed by atoms with E-state index in [9.17, 15) is 18.5 Å². The molecule has 0 spiro atoms. The topological polar surface area (TPSA) is 102 Å². The van der Waals surface area contributed by atoms with E-state index in [1.807, 2.05) is 4.90 Å². The van der Waals surface area contributed by atoms with Crippen LogP contribution in [0, 0.1) is 10.1 Å². The number of amidine groups is 1. The van der Waals surface area contributed by atoms with Crippen LogP contribution in [0.15, 0.2) is 63.9 Å². The Morgan fingerprint density at radius 1 is 1.04 bits per heavy atom. The quantitative estimate of drug-likeness (QED) is 0.351. The zero-order chi connectivity index (χ0) is 18.6. The lowest BCUT2D eigenvalue weighted by Gasteiger charge is -2.29. The molecule has 0 atom stereocenters. The zero-order valence-electron chi connectivity index (χ0n) is 13.8. The van der Waals surface area contributed by atoms with Gasteiger partial charge in [-0.05, 0) is 24.3 Å². The maximum Gasteiger partial charge on any atom is 0.284 e. The lowest BCUT2D eigenvalue weighted by molar-refractivity contribution is -0.384. The van der Waals surface area contributed by atoms with Gasteiger partial charge in [0.1, 0.15) is 5.84 Å². The third-order valence-corrected chi connectivity index (χ3v) is 5.18. The van der Waals surface area contributed by atoms with Crippen molar-refractivity contribution in [3.8, 4) is 0 Å². The molecule has 2 aromatic rings. The van der Waals surface area contributed by atoms with E-state index in [1.165, 1.54) is 36.4 Å². The molecular weight excluding hydrogens is 358 g/mol. The Balaban J connectivity index is 2.04. The molecule has 1 aliphatic rings. The molecule has 3 rings (SSSR count). The number of benzene rings is 2. The Bertz CT molecular complexity index is 905. The SMILES string of the molecule is O=[N+]([O-])c1ccc(/C(=N/S(=O)(=O)c2ccccc2)N2CCOCC2)cc1. The molecule has 8 nitrogen and oxygen atoms in total. The van der Waals surface area contributed by atoms with Crippen molar-refractivity contribution in [1.82, 2.24) is 4.90 Å².